The number of halogens is 1. The Morgan fingerprint density at radius 1 is 1.26 bits per heavy atom. The van der Waals surface area contributed by atoms with Crippen molar-refractivity contribution in [1.29, 1.82) is 0 Å². The van der Waals surface area contributed by atoms with Crippen LogP contribution in [0.2, 0.25) is 0 Å². The maximum absolute atomic E-state index is 11.7. The molecule has 114 valence electrons. The molecular weight excluding hydrogens is 270 g/mol. The van der Waals surface area contributed by atoms with Crippen molar-refractivity contribution in [3.63, 3.8) is 0 Å². The first-order valence-electron chi connectivity index (χ1n) is 6.27. The van der Waals surface area contributed by atoms with Gasteiger partial charge in [-0.25, -0.2) is 0 Å². The van der Waals surface area contributed by atoms with Crippen LogP contribution >= 0.6 is 12.4 Å². The highest BCUT2D eigenvalue weighted by atomic mass is 35.5. The molecule has 0 aliphatic heterocycles. The molecule has 0 rings (SSSR count). The van der Waals surface area contributed by atoms with Gasteiger partial charge in [-0.05, 0) is 20.3 Å². The van der Waals surface area contributed by atoms with E-state index in [9.17, 15) is 9.59 Å². The van der Waals surface area contributed by atoms with Gasteiger partial charge in [0.05, 0.1) is 12.5 Å². The van der Waals surface area contributed by atoms with Crippen LogP contribution in [0.25, 0.3) is 0 Å². The van der Waals surface area contributed by atoms with Gasteiger partial charge < -0.3 is 21.1 Å². The number of ether oxygens (including phenoxy) is 1. The Labute approximate surface area is 121 Å². The number of hydrogen-bond acceptors (Lipinski definition) is 4. The molecule has 3 atom stereocenters. The summed E-state index contributed by atoms with van der Waals surface area (Å²) in [6.45, 7) is 5.83. The van der Waals surface area contributed by atoms with E-state index >= 15 is 0 Å². The van der Waals surface area contributed by atoms with Gasteiger partial charge in [-0.1, -0.05) is 6.92 Å². The molecule has 0 heterocycles. The summed E-state index contributed by atoms with van der Waals surface area (Å²) in [4.78, 5) is 23.3. The van der Waals surface area contributed by atoms with Gasteiger partial charge in [0.25, 0.3) is 0 Å². The normalized spacial score (nSPS) is 14.8. The van der Waals surface area contributed by atoms with E-state index in [-0.39, 0.29) is 49.3 Å². The Kier molecular flexibility index (Phi) is 11.9. The van der Waals surface area contributed by atoms with Crippen molar-refractivity contribution >= 4 is 24.2 Å². The van der Waals surface area contributed by atoms with Crippen LogP contribution in [-0.2, 0) is 14.3 Å². The van der Waals surface area contributed by atoms with Crippen molar-refractivity contribution < 1.29 is 14.3 Å². The summed E-state index contributed by atoms with van der Waals surface area (Å²) in [5.41, 5.74) is 5.42. The molecule has 19 heavy (non-hydrogen) atoms. The monoisotopic (exact) mass is 295 g/mol. The fourth-order valence-corrected chi connectivity index (χ4v) is 1.31. The molecule has 0 fully saturated rings. The van der Waals surface area contributed by atoms with Gasteiger partial charge in [0.15, 0.2) is 0 Å². The smallest absolute Gasteiger partial charge is 0.242 e. The number of amides is 2. The first-order valence-corrected chi connectivity index (χ1v) is 6.27. The molecule has 0 aromatic carbocycles. The summed E-state index contributed by atoms with van der Waals surface area (Å²) in [6.07, 6.45) is 0.703. The van der Waals surface area contributed by atoms with Crippen molar-refractivity contribution in [2.24, 2.45) is 5.73 Å². The average Bonchev–Trinajstić information content (AvgIpc) is 2.35. The predicted octanol–water partition coefficient (Wildman–Crippen LogP) is 0.191. The van der Waals surface area contributed by atoms with Gasteiger partial charge in [-0.3, -0.25) is 9.59 Å². The van der Waals surface area contributed by atoms with Crippen molar-refractivity contribution in [1.82, 2.24) is 10.6 Å². The summed E-state index contributed by atoms with van der Waals surface area (Å²) in [5.74, 6) is -0.418. The van der Waals surface area contributed by atoms with Gasteiger partial charge in [-0.15, -0.1) is 12.4 Å². The fraction of sp³-hybridized carbons (Fsp3) is 0.833. The second-order valence-electron chi connectivity index (χ2n) is 4.40. The molecule has 0 radical (unpaired) electrons. The van der Waals surface area contributed by atoms with Crippen LogP contribution < -0.4 is 16.4 Å². The minimum absolute atomic E-state index is 0. The molecule has 3 unspecified atom stereocenters. The van der Waals surface area contributed by atoms with Crippen LogP contribution in [0.3, 0.4) is 0 Å². The van der Waals surface area contributed by atoms with Gasteiger partial charge in [0.1, 0.15) is 6.04 Å². The lowest BCUT2D eigenvalue weighted by atomic mass is 10.2. The Bertz CT molecular complexity index is 273. The molecule has 7 heteroatoms. The van der Waals surface area contributed by atoms with E-state index in [1.807, 2.05) is 13.8 Å². The summed E-state index contributed by atoms with van der Waals surface area (Å²) < 4.78 is 5.01. The molecule has 0 aromatic heterocycles. The number of rotatable bonds is 8. The number of nitrogens with two attached hydrogens (primary N) is 1. The second-order valence-corrected chi connectivity index (χ2v) is 4.40. The highest BCUT2D eigenvalue weighted by Gasteiger charge is 2.18. The zero-order chi connectivity index (χ0) is 14.1. The van der Waals surface area contributed by atoms with E-state index in [2.05, 4.69) is 10.6 Å². The molecule has 2 amide bonds. The van der Waals surface area contributed by atoms with Gasteiger partial charge >= 0.3 is 0 Å². The SMILES string of the molecule is CCC(C)NC(=O)C(C)NC(=O)CC(CN)OC.Cl. The predicted molar refractivity (Wildman–Crippen MR) is 77.2 cm³/mol. The minimum atomic E-state index is -0.554. The highest BCUT2D eigenvalue weighted by Crippen LogP contribution is 1.96. The van der Waals surface area contributed by atoms with Gasteiger partial charge in [0, 0.05) is 19.7 Å². The van der Waals surface area contributed by atoms with Crippen molar-refractivity contribution in [2.45, 2.75) is 51.8 Å². The van der Waals surface area contributed by atoms with Crippen LogP contribution in [0.4, 0.5) is 0 Å². The summed E-state index contributed by atoms with van der Waals surface area (Å²) in [6, 6.07) is -0.450. The van der Waals surface area contributed by atoms with Gasteiger partial charge in [-0.2, -0.15) is 0 Å². The molecule has 0 aliphatic rings. The Hall–Kier alpha value is -0.850. The Morgan fingerprint density at radius 2 is 1.84 bits per heavy atom. The summed E-state index contributed by atoms with van der Waals surface area (Å²) in [7, 11) is 1.50. The third kappa shape index (κ3) is 8.80. The first-order chi connectivity index (χ1) is 8.44. The lowest BCUT2D eigenvalue weighted by Gasteiger charge is -2.18. The third-order valence-corrected chi connectivity index (χ3v) is 2.78. The topological polar surface area (TPSA) is 93.5 Å². The number of carbonyl (C=O) groups is 2. The quantitative estimate of drug-likeness (QED) is 0.596. The molecular formula is C12H26ClN3O3. The van der Waals surface area contributed by atoms with E-state index in [0.717, 1.165) is 6.42 Å². The number of hydrogen-bond donors (Lipinski definition) is 3. The highest BCUT2D eigenvalue weighted by molar-refractivity contribution is 5.87. The first kappa shape index (κ1) is 20.5. The molecule has 0 saturated heterocycles. The minimum Gasteiger partial charge on any atom is -0.380 e. The Balaban J connectivity index is 0. The van der Waals surface area contributed by atoms with E-state index in [0.29, 0.717) is 0 Å². The van der Waals surface area contributed by atoms with Crippen LogP contribution in [0.5, 0.6) is 0 Å². The molecule has 0 spiro atoms. The lowest BCUT2D eigenvalue weighted by molar-refractivity contribution is -0.130. The molecule has 0 aromatic rings. The number of nitrogens with one attached hydrogen (secondary N) is 2. The zero-order valence-corrected chi connectivity index (χ0v) is 12.9. The Morgan fingerprint density at radius 3 is 2.26 bits per heavy atom. The second kappa shape index (κ2) is 11.0. The van der Waals surface area contributed by atoms with E-state index in [4.69, 9.17) is 10.5 Å². The van der Waals surface area contributed by atoms with E-state index < -0.39 is 6.04 Å². The fourth-order valence-electron chi connectivity index (χ4n) is 1.31. The van der Waals surface area contributed by atoms with Crippen LogP contribution in [0.15, 0.2) is 0 Å². The maximum atomic E-state index is 11.7. The van der Waals surface area contributed by atoms with Crippen molar-refractivity contribution in [3.05, 3.63) is 0 Å². The van der Waals surface area contributed by atoms with E-state index in [1.54, 1.807) is 6.92 Å². The lowest BCUT2D eigenvalue weighted by Crippen LogP contribution is -2.48. The van der Waals surface area contributed by atoms with Crippen molar-refractivity contribution in [2.75, 3.05) is 13.7 Å². The summed E-state index contributed by atoms with van der Waals surface area (Å²) >= 11 is 0. The number of methoxy groups -OCH3 is 1. The van der Waals surface area contributed by atoms with Crippen LogP contribution in [0, 0.1) is 0 Å². The standard InChI is InChI=1S/C12H25N3O3.ClH/c1-5-8(2)14-12(17)9(3)15-11(16)6-10(7-13)18-4;/h8-10H,5-7,13H2,1-4H3,(H,14,17)(H,15,16);1H. The zero-order valence-electron chi connectivity index (χ0n) is 12.1. The van der Waals surface area contributed by atoms with Crippen LogP contribution in [0.1, 0.15) is 33.6 Å². The van der Waals surface area contributed by atoms with Crippen molar-refractivity contribution in [3.8, 4) is 0 Å². The molecule has 0 saturated carbocycles. The van der Waals surface area contributed by atoms with E-state index in [1.165, 1.54) is 7.11 Å². The number of carbonyl (C=O) groups excluding carboxylic acids is 2. The average molecular weight is 296 g/mol. The summed E-state index contributed by atoms with van der Waals surface area (Å²) in [5, 5.41) is 5.43. The molecule has 4 N–H and O–H groups in total. The van der Waals surface area contributed by atoms with Crippen LogP contribution in [-0.4, -0.2) is 43.7 Å². The largest absolute Gasteiger partial charge is 0.380 e. The molecule has 0 bridgehead atoms. The maximum Gasteiger partial charge on any atom is 0.242 e. The molecule has 6 nitrogen and oxygen atoms in total. The molecule has 0 aliphatic carbocycles. The third-order valence-electron chi connectivity index (χ3n) is 2.78. The van der Waals surface area contributed by atoms with Gasteiger partial charge in [0.2, 0.25) is 11.8 Å².